The molecule has 134 valence electrons. The van der Waals surface area contributed by atoms with E-state index in [1.807, 2.05) is 22.9 Å². The Balaban J connectivity index is 1.62. The lowest BCUT2D eigenvalue weighted by Gasteiger charge is -2.06. The Labute approximate surface area is 151 Å². The van der Waals surface area contributed by atoms with Gasteiger partial charge in [-0.25, -0.2) is 0 Å². The predicted octanol–water partition coefficient (Wildman–Crippen LogP) is 4.63. The zero-order valence-corrected chi connectivity index (χ0v) is 13.7. The Morgan fingerprint density at radius 1 is 1.11 bits per heavy atom. The van der Waals surface area contributed by atoms with Gasteiger partial charge < -0.3 is 9.09 Å². The lowest BCUT2D eigenvalue weighted by Crippen LogP contribution is -2.04. The predicted molar refractivity (Wildman–Crippen MR) is 90.5 cm³/mol. The standard InChI is InChI=1S/C19H11F3N4O/c20-19(21,22)15-3-1-2-14(9-15)18-24-17(25-27-18)11-26-7-6-13-8-12(10-23)4-5-16(13)26/h1-9H,11H2. The molecule has 2 heterocycles. The van der Waals surface area contributed by atoms with Crippen LogP contribution in [0.3, 0.4) is 0 Å². The van der Waals surface area contributed by atoms with Gasteiger partial charge in [0.25, 0.3) is 5.89 Å². The van der Waals surface area contributed by atoms with Gasteiger partial charge in [0.05, 0.1) is 23.7 Å². The first-order valence-electron chi connectivity index (χ1n) is 7.93. The van der Waals surface area contributed by atoms with Crippen molar-refractivity contribution >= 4 is 10.9 Å². The van der Waals surface area contributed by atoms with Crippen LogP contribution in [0, 0.1) is 11.3 Å². The van der Waals surface area contributed by atoms with Gasteiger partial charge in [-0.3, -0.25) is 0 Å². The van der Waals surface area contributed by atoms with Crippen LogP contribution in [0.4, 0.5) is 13.2 Å². The molecule has 0 bridgehead atoms. The van der Waals surface area contributed by atoms with Crippen LogP contribution in [0.25, 0.3) is 22.4 Å². The first kappa shape index (κ1) is 16.8. The molecule has 0 aliphatic carbocycles. The number of nitrogens with zero attached hydrogens (tertiary/aromatic N) is 4. The fourth-order valence-corrected chi connectivity index (χ4v) is 2.82. The maximum absolute atomic E-state index is 12.9. The van der Waals surface area contributed by atoms with Gasteiger partial charge in [-0.1, -0.05) is 11.2 Å². The molecule has 0 radical (unpaired) electrons. The van der Waals surface area contributed by atoms with E-state index in [2.05, 4.69) is 16.2 Å². The summed E-state index contributed by atoms with van der Waals surface area (Å²) in [6, 6.07) is 14.0. The van der Waals surface area contributed by atoms with Crippen LogP contribution in [0.2, 0.25) is 0 Å². The van der Waals surface area contributed by atoms with E-state index >= 15 is 0 Å². The summed E-state index contributed by atoms with van der Waals surface area (Å²) in [6.45, 7) is 0.290. The molecule has 0 fully saturated rings. The zero-order valence-electron chi connectivity index (χ0n) is 13.7. The van der Waals surface area contributed by atoms with E-state index in [0.717, 1.165) is 23.0 Å². The fraction of sp³-hybridized carbons (Fsp3) is 0.105. The molecule has 4 aromatic rings. The minimum absolute atomic E-state index is 0.0272. The number of fused-ring (bicyclic) bond motifs is 1. The molecule has 5 nitrogen and oxygen atoms in total. The molecule has 0 spiro atoms. The zero-order chi connectivity index (χ0) is 19.0. The van der Waals surface area contributed by atoms with E-state index in [-0.39, 0.29) is 18.0 Å². The first-order chi connectivity index (χ1) is 12.9. The van der Waals surface area contributed by atoms with E-state index in [9.17, 15) is 13.2 Å². The molecule has 0 saturated carbocycles. The van der Waals surface area contributed by atoms with E-state index in [1.54, 1.807) is 12.1 Å². The Morgan fingerprint density at radius 2 is 1.96 bits per heavy atom. The SMILES string of the molecule is N#Cc1ccc2c(ccn2Cc2noc(-c3cccc(C(F)(F)F)c3)n2)c1. The quantitative estimate of drug-likeness (QED) is 0.529. The minimum Gasteiger partial charge on any atom is -0.340 e. The molecule has 2 aromatic heterocycles. The third-order valence-electron chi connectivity index (χ3n) is 4.12. The number of hydrogen-bond acceptors (Lipinski definition) is 4. The highest BCUT2D eigenvalue weighted by Gasteiger charge is 2.30. The van der Waals surface area contributed by atoms with Crippen molar-refractivity contribution in [3.8, 4) is 17.5 Å². The van der Waals surface area contributed by atoms with E-state index in [0.29, 0.717) is 11.4 Å². The molecular weight excluding hydrogens is 357 g/mol. The molecule has 0 unspecified atom stereocenters. The van der Waals surface area contributed by atoms with Gasteiger partial charge in [-0.05, 0) is 42.5 Å². The summed E-state index contributed by atoms with van der Waals surface area (Å²) in [5.74, 6) is 0.364. The molecule has 0 saturated heterocycles. The topological polar surface area (TPSA) is 67.6 Å². The third-order valence-corrected chi connectivity index (χ3v) is 4.12. The van der Waals surface area contributed by atoms with E-state index in [4.69, 9.17) is 9.78 Å². The van der Waals surface area contributed by atoms with Crippen molar-refractivity contribution in [3.05, 3.63) is 71.7 Å². The van der Waals surface area contributed by atoms with Gasteiger partial charge in [-0.2, -0.15) is 23.4 Å². The fourth-order valence-electron chi connectivity index (χ4n) is 2.82. The van der Waals surface area contributed by atoms with Crippen LogP contribution in [0.5, 0.6) is 0 Å². The van der Waals surface area contributed by atoms with Gasteiger partial charge in [0.2, 0.25) is 0 Å². The van der Waals surface area contributed by atoms with Gasteiger partial charge in [0.15, 0.2) is 5.82 Å². The van der Waals surface area contributed by atoms with Crippen LogP contribution in [0.1, 0.15) is 17.0 Å². The minimum atomic E-state index is -4.44. The first-order valence-corrected chi connectivity index (χ1v) is 7.93. The summed E-state index contributed by atoms with van der Waals surface area (Å²) >= 11 is 0. The average molecular weight is 368 g/mol. The van der Waals surface area contributed by atoms with Crippen molar-refractivity contribution in [2.75, 3.05) is 0 Å². The summed E-state index contributed by atoms with van der Waals surface area (Å²) in [4.78, 5) is 4.20. The summed E-state index contributed by atoms with van der Waals surface area (Å²) in [5.41, 5.74) is 0.884. The molecule has 0 aliphatic rings. The molecule has 0 amide bonds. The van der Waals surface area contributed by atoms with Crippen LogP contribution in [0.15, 0.2) is 59.3 Å². The Morgan fingerprint density at radius 3 is 2.74 bits per heavy atom. The maximum Gasteiger partial charge on any atom is 0.416 e. The van der Waals surface area contributed by atoms with E-state index < -0.39 is 11.7 Å². The van der Waals surface area contributed by atoms with Gasteiger partial charge in [0, 0.05) is 22.7 Å². The molecule has 27 heavy (non-hydrogen) atoms. The number of nitriles is 1. The molecular formula is C19H11F3N4O. The van der Waals surface area contributed by atoms with Crippen molar-refractivity contribution in [1.82, 2.24) is 14.7 Å². The largest absolute Gasteiger partial charge is 0.416 e. The molecule has 0 atom stereocenters. The van der Waals surface area contributed by atoms with Crippen molar-refractivity contribution in [2.45, 2.75) is 12.7 Å². The molecule has 8 heteroatoms. The van der Waals surface area contributed by atoms with Crippen LogP contribution in [-0.2, 0) is 12.7 Å². The van der Waals surface area contributed by atoms with Crippen LogP contribution >= 0.6 is 0 Å². The molecule has 0 N–H and O–H groups in total. The monoisotopic (exact) mass is 368 g/mol. The second kappa shape index (κ2) is 6.29. The van der Waals surface area contributed by atoms with Crippen molar-refractivity contribution in [1.29, 1.82) is 5.26 Å². The number of hydrogen-bond donors (Lipinski definition) is 0. The maximum atomic E-state index is 12.9. The Hall–Kier alpha value is -3.60. The molecule has 2 aromatic carbocycles. The van der Waals surface area contributed by atoms with Gasteiger partial charge in [-0.15, -0.1) is 0 Å². The Kier molecular flexibility index (Phi) is 3.92. The van der Waals surface area contributed by atoms with Crippen molar-refractivity contribution in [2.24, 2.45) is 0 Å². The lowest BCUT2D eigenvalue weighted by molar-refractivity contribution is -0.137. The highest BCUT2D eigenvalue weighted by molar-refractivity contribution is 5.81. The third kappa shape index (κ3) is 3.27. The van der Waals surface area contributed by atoms with E-state index in [1.165, 1.54) is 12.1 Å². The Bertz CT molecular complexity index is 1170. The molecule has 0 aliphatic heterocycles. The lowest BCUT2D eigenvalue weighted by atomic mass is 10.1. The van der Waals surface area contributed by atoms with Crippen LogP contribution < -0.4 is 0 Å². The van der Waals surface area contributed by atoms with Gasteiger partial charge >= 0.3 is 6.18 Å². The van der Waals surface area contributed by atoms with Crippen molar-refractivity contribution < 1.29 is 17.7 Å². The number of halogens is 3. The smallest absolute Gasteiger partial charge is 0.340 e. The normalized spacial score (nSPS) is 11.6. The number of rotatable bonds is 3. The molecule has 4 rings (SSSR count). The summed E-state index contributed by atoms with van der Waals surface area (Å²) in [7, 11) is 0. The number of aromatic nitrogens is 3. The average Bonchev–Trinajstić information content (AvgIpc) is 3.28. The summed E-state index contributed by atoms with van der Waals surface area (Å²) in [5, 5.41) is 13.7. The number of alkyl halides is 3. The summed E-state index contributed by atoms with van der Waals surface area (Å²) < 4.78 is 45.6. The second-order valence-electron chi connectivity index (χ2n) is 5.92. The highest BCUT2D eigenvalue weighted by atomic mass is 19.4. The second-order valence-corrected chi connectivity index (χ2v) is 5.92. The highest BCUT2D eigenvalue weighted by Crippen LogP contribution is 2.31. The van der Waals surface area contributed by atoms with Crippen LogP contribution in [-0.4, -0.2) is 14.7 Å². The summed E-state index contributed by atoms with van der Waals surface area (Å²) in [6.07, 6.45) is -2.61. The van der Waals surface area contributed by atoms with Crippen molar-refractivity contribution in [3.63, 3.8) is 0 Å². The van der Waals surface area contributed by atoms with Gasteiger partial charge in [0.1, 0.15) is 0 Å². The number of benzene rings is 2.